The zero-order chi connectivity index (χ0) is 16.1. The molecule has 0 aromatic heterocycles. The molecular weight excluding hydrogens is 320 g/mol. The van der Waals surface area contributed by atoms with Crippen molar-refractivity contribution in [3.63, 3.8) is 0 Å². The predicted molar refractivity (Wildman–Crippen MR) is 92.3 cm³/mol. The van der Waals surface area contributed by atoms with Crippen molar-refractivity contribution in [2.75, 3.05) is 7.05 Å². The van der Waals surface area contributed by atoms with E-state index in [4.69, 9.17) is 12.2 Å². The summed E-state index contributed by atoms with van der Waals surface area (Å²) < 4.78 is 0.547. The molecule has 1 aliphatic heterocycles. The van der Waals surface area contributed by atoms with Crippen molar-refractivity contribution in [2.45, 2.75) is 0 Å². The van der Waals surface area contributed by atoms with Gasteiger partial charge in [0.1, 0.15) is 4.32 Å². The van der Waals surface area contributed by atoms with Crippen molar-refractivity contribution in [2.24, 2.45) is 0 Å². The molecule has 0 spiro atoms. The van der Waals surface area contributed by atoms with Crippen LogP contribution >= 0.6 is 24.0 Å². The van der Waals surface area contributed by atoms with Crippen LogP contribution in [0.25, 0.3) is 6.08 Å². The maximum Gasteiger partial charge on any atom is 0.269 e. The third-order valence-electron chi connectivity index (χ3n) is 2.85. The SMILES string of the molecule is CN1C(=O)C(=CC=CC=Cc2ccc([N+](=O)[O-])cc2)SC1=S. The van der Waals surface area contributed by atoms with Crippen molar-refractivity contribution in [3.8, 4) is 0 Å². The number of amides is 1. The third-order valence-corrected chi connectivity index (χ3v) is 4.35. The summed E-state index contributed by atoms with van der Waals surface area (Å²) in [6, 6.07) is 6.25. The van der Waals surface area contributed by atoms with E-state index in [-0.39, 0.29) is 11.6 Å². The zero-order valence-electron chi connectivity index (χ0n) is 11.6. The van der Waals surface area contributed by atoms with E-state index in [2.05, 4.69) is 0 Å². The number of nitro groups is 1. The molecule has 0 atom stereocenters. The summed E-state index contributed by atoms with van der Waals surface area (Å²) in [5, 5.41) is 10.5. The lowest BCUT2D eigenvalue weighted by Crippen LogP contribution is -2.22. The average molecular weight is 332 g/mol. The van der Waals surface area contributed by atoms with Crippen molar-refractivity contribution >= 4 is 46.0 Å². The van der Waals surface area contributed by atoms with Gasteiger partial charge in [-0.15, -0.1) is 0 Å². The fourth-order valence-electron chi connectivity index (χ4n) is 1.64. The highest BCUT2D eigenvalue weighted by molar-refractivity contribution is 8.26. The van der Waals surface area contributed by atoms with Gasteiger partial charge >= 0.3 is 0 Å². The minimum absolute atomic E-state index is 0.0642. The Morgan fingerprint density at radius 3 is 2.45 bits per heavy atom. The number of benzene rings is 1. The number of hydrogen-bond donors (Lipinski definition) is 0. The standard InChI is InChI=1S/C15H12N2O3S2/c1-16-14(18)13(22-15(16)21)6-4-2-3-5-11-7-9-12(10-8-11)17(19)20/h2-10H,1H3. The minimum atomic E-state index is -0.433. The first-order chi connectivity index (χ1) is 10.5. The van der Waals surface area contributed by atoms with Crippen molar-refractivity contribution < 1.29 is 9.72 Å². The van der Waals surface area contributed by atoms with Crippen LogP contribution in [0.5, 0.6) is 0 Å². The number of thioether (sulfide) groups is 1. The van der Waals surface area contributed by atoms with Crippen LogP contribution in [-0.2, 0) is 4.79 Å². The maximum absolute atomic E-state index is 11.7. The van der Waals surface area contributed by atoms with Gasteiger partial charge in [-0.1, -0.05) is 48.3 Å². The van der Waals surface area contributed by atoms with Gasteiger partial charge in [0.05, 0.1) is 9.83 Å². The van der Waals surface area contributed by atoms with Crippen LogP contribution < -0.4 is 0 Å². The lowest BCUT2D eigenvalue weighted by Gasteiger charge is -2.03. The van der Waals surface area contributed by atoms with Crippen LogP contribution in [0.4, 0.5) is 5.69 Å². The maximum atomic E-state index is 11.7. The Morgan fingerprint density at radius 1 is 1.23 bits per heavy atom. The summed E-state index contributed by atoms with van der Waals surface area (Å²) >= 11 is 6.30. The molecule has 1 aliphatic rings. The van der Waals surface area contributed by atoms with Gasteiger partial charge < -0.3 is 0 Å². The molecular formula is C15H12N2O3S2. The zero-order valence-corrected chi connectivity index (χ0v) is 13.3. The van der Waals surface area contributed by atoms with E-state index in [1.54, 1.807) is 43.5 Å². The first-order valence-electron chi connectivity index (χ1n) is 6.28. The van der Waals surface area contributed by atoms with Gasteiger partial charge in [-0.2, -0.15) is 0 Å². The molecule has 1 aromatic rings. The minimum Gasteiger partial charge on any atom is -0.296 e. The second-order valence-corrected chi connectivity index (χ2v) is 6.03. The number of thiocarbonyl (C=S) groups is 1. The Bertz CT molecular complexity index is 706. The lowest BCUT2D eigenvalue weighted by atomic mass is 10.2. The van der Waals surface area contributed by atoms with Crippen molar-refractivity contribution in [1.82, 2.24) is 4.90 Å². The molecule has 1 fully saturated rings. The largest absolute Gasteiger partial charge is 0.296 e. The first kappa shape index (κ1) is 16.1. The lowest BCUT2D eigenvalue weighted by molar-refractivity contribution is -0.384. The fraction of sp³-hybridized carbons (Fsp3) is 0.0667. The van der Waals surface area contributed by atoms with E-state index in [0.29, 0.717) is 9.23 Å². The number of carbonyl (C=O) groups excluding carboxylic acids is 1. The van der Waals surface area contributed by atoms with Gasteiger partial charge in [0.25, 0.3) is 11.6 Å². The van der Waals surface area contributed by atoms with Crippen molar-refractivity contribution in [1.29, 1.82) is 0 Å². The summed E-state index contributed by atoms with van der Waals surface area (Å²) in [4.78, 5) is 23.9. The van der Waals surface area contributed by atoms with E-state index in [1.807, 2.05) is 6.08 Å². The van der Waals surface area contributed by atoms with Crippen LogP contribution in [0.15, 0.2) is 53.5 Å². The molecule has 1 amide bonds. The molecule has 2 rings (SSSR count). The molecule has 0 aliphatic carbocycles. The summed E-state index contributed by atoms with van der Waals surface area (Å²) in [5.74, 6) is -0.0981. The molecule has 1 heterocycles. The second kappa shape index (κ2) is 7.15. The summed E-state index contributed by atoms with van der Waals surface area (Å²) in [7, 11) is 1.65. The van der Waals surface area contributed by atoms with Crippen LogP contribution in [0.1, 0.15) is 5.56 Å². The van der Waals surface area contributed by atoms with Crippen LogP contribution in [0.3, 0.4) is 0 Å². The molecule has 0 saturated carbocycles. The summed E-state index contributed by atoms with van der Waals surface area (Å²) in [5.41, 5.74) is 0.921. The van der Waals surface area contributed by atoms with Gasteiger partial charge in [0.2, 0.25) is 0 Å². The monoisotopic (exact) mass is 332 g/mol. The molecule has 1 aromatic carbocycles. The van der Waals surface area contributed by atoms with Gasteiger partial charge in [0.15, 0.2) is 0 Å². The third kappa shape index (κ3) is 3.90. The molecule has 0 unspecified atom stereocenters. The predicted octanol–water partition coefficient (Wildman–Crippen LogP) is 3.54. The molecule has 22 heavy (non-hydrogen) atoms. The number of likely N-dealkylation sites (N-methyl/N-ethyl adjacent to an activating group) is 1. The first-order valence-corrected chi connectivity index (χ1v) is 7.51. The van der Waals surface area contributed by atoms with E-state index >= 15 is 0 Å². The molecule has 7 heteroatoms. The Balaban J connectivity index is 1.96. The number of hydrogen-bond acceptors (Lipinski definition) is 5. The highest BCUT2D eigenvalue weighted by atomic mass is 32.2. The van der Waals surface area contributed by atoms with Gasteiger partial charge in [-0.25, -0.2) is 0 Å². The van der Waals surface area contributed by atoms with Gasteiger partial charge in [-0.05, 0) is 23.8 Å². The number of nitrogens with zero attached hydrogens (tertiary/aromatic N) is 2. The topological polar surface area (TPSA) is 63.5 Å². The molecule has 5 nitrogen and oxygen atoms in total. The van der Waals surface area contributed by atoms with E-state index < -0.39 is 4.92 Å². The van der Waals surface area contributed by atoms with Gasteiger partial charge in [-0.3, -0.25) is 19.8 Å². The summed E-state index contributed by atoms with van der Waals surface area (Å²) in [6.45, 7) is 0. The highest BCUT2D eigenvalue weighted by Gasteiger charge is 2.27. The highest BCUT2D eigenvalue weighted by Crippen LogP contribution is 2.29. The van der Waals surface area contributed by atoms with E-state index in [9.17, 15) is 14.9 Å². The Morgan fingerprint density at radius 2 is 1.91 bits per heavy atom. The number of allylic oxidation sites excluding steroid dienone is 4. The molecule has 0 bridgehead atoms. The van der Waals surface area contributed by atoms with Gasteiger partial charge in [0, 0.05) is 19.2 Å². The van der Waals surface area contributed by atoms with E-state index in [0.717, 1.165) is 5.56 Å². The van der Waals surface area contributed by atoms with Crippen molar-refractivity contribution in [3.05, 3.63) is 69.2 Å². The Hall–Kier alpha value is -2.25. The smallest absolute Gasteiger partial charge is 0.269 e. The number of non-ortho nitro benzene ring substituents is 1. The second-order valence-electron chi connectivity index (χ2n) is 4.36. The molecule has 0 radical (unpaired) electrons. The Labute approximate surface area is 137 Å². The number of nitro benzene ring substituents is 1. The van der Waals surface area contributed by atoms with Crippen LogP contribution in [0, 0.1) is 10.1 Å². The molecule has 1 saturated heterocycles. The number of rotatable bonds is 4. The Kier molecular flexibility index (Phi) is 5.24. The summed E-state index contributed by atoms with van der Waals surface area (Å²) in [6.07, 6.45) is 8.86. The average Bonchev–Trinajstić information content (AvgIpc) is 2.75. The van der Waals surface area contributed by atoms with E-state index in [1.165, 1.54) is 28.8 Å². The molecule has 112 valence electrons. The van der Waals surface area contributed by atoms with Crippen LogP contribution in [0.2, 0.25) is 0 Å². The van der Waals surface area contributed by atoms with Crippen LogP contribution in [-0.4, -0.2) is 27.1 Å². The fourth-order valence-corrected chi connectivity index (χ4v) is 2.77. The number of carbonyl (C=O) groups is 1. The quantitative estimate of drug-likeness (QED) is 0.277. The molecule has 0 N–H and O–H groups in total. The normalized spacial score (nSPS) is 17.3.